The molecule has 0 heterocycles. The van der Waals surface area contributed by atoms with Gasteiger partial charge in [0.15, 0.2) is 7.28 Å². The molecule has 0 aliphatic rings. The second-order valence-electron chi connectivity index (χ2n) is 2.29. The van der Waals surface area contributed by atoms with Crippen LogP contribution in [0.4, 0.5) is 0 Å². The van der Waals surface area contributed by atoms with E-state index in [1.165, 1.54) is 0 Å². The molecule has 0 atom stereocenters. The third-order valence-corrected chi connectivity index (χ3v) is 2.12. The van der Waals surface area contributed by atoms with E-state index in [0.717, 1.165) is 11.8 Å². The Kier molecular flexibility index (Phi) is 3.28. The monoisotopic (exact) mass is 185 g/mol. The molecule has 0 spiro atoms. The first-order valence-electron chi connectivity index (χ1n) is 3.52. The lowest BCUT2D eigenvalue weighted by atomic mass is 9.68. The zero-order chi connectivity index (χ0) is 8.27. The summed E-state index contributed by atoms with van der Waals surface area (Å²) in [5, 5.41) is 1.23. The highest BCUT2D eigenvalue weighted by Crippen LogP contribution is 2.18. The molecule has 0 amide bonds. The molecule has 11 heavy (non-hydrogen) atoms. The van der Waals surface area contributed by atoms with Crippen LogP contribution in [0.1, 0.15) is 6.92 Å². The molecular formula is C8H8BCl2. The minimum absolute atomic E-state index is 0.611. The van der Waals surface area contributed by atoms with Crippen LogP contribution in [0.5, 0.6) is 0 Å². The van der Waals surface area contributed by atoms with Crippen LogP contribution in [0.15, 0.2) is 18.2 Å². The lowest BCUT2D eigenvalue weighted by Gasteiger charge is -1.98. The van der Waals surface area contributed by atoms with Crippen LogP contribution in [-0.2, 0) is 0 Å². The SMILES string of the molecule is CC[B]c1ccc(Cl)c(Cl)c1. The Morgan fingerprint density at radius 3 is 2.55 bits per heavy atom. The Morgan fingerprint density at radius 1 is 1.27 bits per heavy atom. The van der Waals surface area contributed by atoms with Gasteiger partial charge in [-0.3, -0.25) is 0 Å². The van der Waals surface area contributed by atoms with Gasteiger partial charge in [-0.2, -0.15) is 0 Å². The summed E-state index contributed by atoms with van der Waals surface area (Å²) in [6.07, 6.45) is 1.01. The van der Waals surface area contributed by atoms with Crippen LogP contribution in [0.2, 0.25) is 16.4 Å². The van der Waals surface area contributed by atoms with Crippen molar-refractivity contribution in [2.24, 2.45) is 0 Å². The van der Waals surface area contributed by atoms with Gasteiger partial charge in [-0.15, -0.1) is 0 Å². The van der Waals surface area contributed by atoms with Crippen molar-refractivity contribution in [1.29, 1.82) is 0 Å². The zero-order valence-corrected chi connectivity index (χ0v) is 7.78. The first-order chi connectivity index (χ1) is 5.24. The average Bonchev–Trinajstić information content (AvgIpc) is 1.98. The van der Waals surface area contributed by atoms with Gasteiger partial charge in [-0.25, -0.2) is 0 Å². The molecular weight excluding hydrogens is 178 g/mol. The van der Waals surface area contributed by atoms with E-state index in [2.05, 4.69) is 14.2 Å². The van der Waals surface area contributed by atoms with Crippen molar-refractivity contribution in [3.63, 3.8) is 0 Å². The molecule has 0 saturated heterocycles. The van der Waals surface area contributed by atoms with Gasteiger partial charge in [0.25, 0.3) is 0 Å². The Labute approximate surface area is 77.8 Å². The zero-order valence-electron chi connectivity index (χ0n) is 6.27. The van der Waals surface area contributed by atoms with Gasteiger partial charge in [0.1, 0.15) is 0 Å². The smallest absolute Gasteiger partial charge is 0.0862 e. The lowest BCUT2D eigenvalue weighted by Crippen LogP contribution is -2.11. The highest BCUT2D eigenvalue weighted by molar-refractivity contribution is 6.54. The van der Waals surface area contributed by atoms with Gasteiger partial charge in [-0.05, 0) is 12.1 Å². The highest BCUT2D eigenvalue weighted by Gasteiger charge is 1.98. The quantitative estimate of drug-likeness (QED) is 0.622. The number of benzene rings is 1. The summed E-state index contributed by atoms with van der Waals surface area (Å²) in [4.78, 5) is 0. The summed E-state index contributed by atoms with van der Waals surface area (Å²) < 4.78 is 0. The fourth-order valence-corrected chi connectivity index (χ4v) is 1.18. The molecule has 57 valence electrons. The largest absolute Gasteiger partial charge is 0.151 e. The molecule has 0 bridgehead atoms. The summed E-state index contributed by atoms with van der Waals surface area (Å²) in [6, 6.07) is 5.64. The molecule has 0 aliphatic carbocycles. The summed E-state index contributed by atoms with van der Waals surface area (Å²) in [7, 11) is 2.10. The van der Waals surface area contributed by atoms with Crippen molar-refractivity contribution in [2.45, 2.75) is 13.2 Å². The second kappa shape index (κ2) is 4.03. The van der Waals surface area contributed by atoms with Crippen LogP contribution in [-0.4, -0.2) is 7.28 Å². The molecule has 0 aromatic heterocycles. The van der Waals surface area contributed by atoms with E-state index in [1.807, 2.05) is 18.2 Å². The molecule has 1 radical (unpaired) electrons. The predicted octanol–water partition coefficient (Wildman–Crippen LogP) is 2.76. The van der Waals surface area contributed by atoms with Crippen LogP contribution in [0, 0.1) is 0 Å². The minimum atomic E-state index is 0.611. The summed E-state index contributed by atoms with van der Waals surface area (Å²) >= 11 is 11.5. The molecule has 1 aromatic rings. The van der Waals surface area contributed by atoms with Gasteiger partial charge < -0.3 is 0 Å². The molecule has 1 aromatic carbocycles. The maximum Gasteiger partial charge on any atom is 0.151 e. The molecule has 0 fully saturated rings. The van der Waals surface area contributed by atoms with Crippen molar-refractivity contribution in [1.82, 2.24) is 0 Å². The topological polar surface area (TPSA) is 0 Å². The van der Waals surface area contributed by atoms with Crippen LogP contribution in [0.3, 0.4) is 0 Å². The third kappa shape index (κ3) is 2.42. The lowest BCUT2D eigenvalue weighted by molar-refractivity contribution is 1.46. The summed E-state index contributed by atoms with van der Waals surface area (Å²) in [5.41, 5.74) is 1.13. The van der Waals surface area contributed by atoms with Crippen LogP contribution in [0.25, 0.3) is 0 Å². The molecule has 0 N–H and O–H groups in total. The Balaban J connectivity index is 2.86. The van der Waals surface area contributed by atoms with Crippen LogP contribution < -0.4 is 5.46 Å². The molecule has 1 rings (SSSR count). The maximum absolute atomic E-state index is 5.80. The van der Waals surface area contributed by atoms with Crippen molar-refractivity contribution in [3.8, 4) is 0 Å². The van der Waals surface area contributed by atoms with Gasteiger partial charge in [0, 0.05) is 0 Å². The van der Waals surface area contributed by atoms with E-state index in [-0.39, 0.29) is 0 Å². The number of hydrogen-bond donors (Lipinski definition) is 0. The third-order valence-electron chi connectivity index (χ3n) is 1.38. The van der Waals surface area contributed by atoms with E-state index >= 15 is 0 Å². The Bertz CT molecular complexity index is 248. The standard InChI is InChI=1S/C8H8BCl2/c1-2-9-6-3-4-7(10)8(11)5-6/h3-5H,2H2,1H3. The predicted molar refractivity (Wildman–Crippen MR) is 52.3 cm³/mol. The Morgan fingerprint density at radius 2 is 2.00 bits per heavy atom. The van der Waals surface area contributed by atoms with Gasteiger partial charge in [-0.1, -0.05) is 48.0 Å². The first-order valence-corrected chi connectivity index (χ1v) is 4.28. The van der Waals surface area contributed by atoms with Gasteiger partial charge >= 0.3 is 0 Å². The maximum atomic E-state index is 5.80. The van der Waals surface area contributed by atoms with E-state index in [0.29, 0.717) is 10.0 Å². The highest BCUT2D eigenvalue weighted by atomic mass is 35.5. The molecule has 0 saturated carbocycles. The molecule has 0 nitrogen and oxygen atoms in total. The number of halogens is 2. The van der Waals surface area contributed by atoms with Crippen molar-refractivity contribution < 1.29 is 0 Å². The number of hydrogen-bond acceptors (Lipinski definition) is 0. The number of rotatable bonds is 2. The van der Waals surface area contributed by atoms with Gasteiger partial charge in [0.2, 0.25) is 0 Å². The van der Waals surface area contributed by atoms with Crippen molar-refractivity contribution in [2.75, 3.05) is 0 Å². The molecule has 3 heteroatoms. The van der Waals surface area contributed by atoms with Gasteiger partial charge in [0.05, 0.1) is 10.0 Å². The van der Waals surface area contributed by atoms with E-state index in [4.69, 9.17) is 23.2 Å². The van der Waals surface area contributed by atoms with E-state index < -0.39 is 0 Å². The fourth-order valence-electron chi connectivity index (χ4n) is 0.875. The minimum Gasteiger partial charge on any atom is -0.0862 e. The van der Waals surface area contributed by atoms with E-state index in [1.54, 1.807) is 0 Å². The Hall–Kier alpha value is -0.135. The van der Waals surface area contributed by atoms with Crippen molar-refractivity contribution in [3.05, 3.63) is 28.2 Å². The summed E-state index contributed by atoms with van der Waals surface area (Å²) in [5.74, 6) is 0. The van der Waals surface area contributed by atoms with E-state index in [9.17, 15) is 0 Å². The van der Waals surface area contributed by atoms with Crippen molar-refractivity contribution >= 4 is 35.9 Å². The average molecular weight is 186 g/mol. The normalized spacial score (nSPS) is 9.73. The summed E-state index contributed by atoms with van der Waals surface area (Å²) in [6.45, 7) is 2.09. The van der Waals surface area contributed by atoms with Crippen LogP contribution >= 0.6 is 23.2 Å². The second-order valence-corrected chi connectivity index (χ2v) is 3.10. The fraction of sp³-hybridized carbons (Fsp3) is 0.250. The molecule has 0 unspecified atom stereocenters. The molecule has 0 aliphatic heterocycles. The first kappa shape index (κ1) is 8.96.